The van der Waals surface area contributed by atoms with Crippen molar-refractivity contribution >= 4 is 51.6 Å². The van der Waals surface area contributed by atoms with Gasteiger partial charge in [0, 0.05) is 11.1 Å². The van der Waals surface area contributed by atoms with Gasteiger partial charge < -0.3 is 24.3 Å². The monoisotopic (exact) mass is 787 g/mol. The van der Waals surface area contributed by atoms with Crippen LogP contribution in [0.3, 0.4) is 0 Å². The zero-order chi connectivity index (χ0) is 41.6. The predicted molar refractivity (Wildman–Crippen MR) is 230 cm³/mol. The van der Waals surface area contributed by atoms with Crippen molar-refractivity contribution in [2.24, 2.45) is 11.3 Å². The molecule has 0 radical (unpaired) electrons. The normalized spacial score (nSPS) is 15.5. The van der Waals surface area contributed by atoms with E-state index < -0.39 is 5.91 Å². The first-order valence-electron chi connectivity index (χ1n) is 19.5. The lowest BCUT2D eigenvalue weighted by Gasteiger charge is -2.37. The number of nitrogens with zero attached hydrogens (tertiary/aromatic N) is 2. The molecular weight excluding hydrogens is 743 g/mol. The second kappa shape index (κ2) is 15.4. The molecule has 2 aliphatic rings. The summed E-state index contributed by atoms with van der Waals surface area (Å²) in [6.07, 6.45) is 3.55. The van der Waals surface area contributed by atoms with Gasteiger partial charge in [-0.15, -0.1) is 0 Å². The van der Waals surface area contributed by atoms with Crippen LogP contribution >= 0.6 is 0 Å². The summed E-state index contributed by atoms with van der Waals surface area (Å²) >= 11 is 0. The van der Waals surface area contributed by atoms with Gasteiger partial charge in [-0.1, -0.05) is 56.7 Å². The Kier molecular flexibility index (Phi) is 10.2. The molecule has 1 N–H and O–H groups in total. The minimum atomic E-state index is -0.402. The smallest absolute Gasteiger partial charge is 0.266 e. The Labute approximate surface area is 343 Å². The van der Waals surface area contributed by atoms with Crippen LogP contribution in [-0.4, -0.2) is 44.0 Å². The van der Waals surface area contributed by atoms with E-state index in [-0.39, 0.29) is 28.7 Å². The topological polar surface area (TPSA) is 116 Å². The van der Waals surface area contributed by atoms with Crippen molar-refractivity contribution in [1.82, 2.24) is 4.98 Å². The van der Waals surface area contributed by atoms with E-state index in [1.165, 1.54) is 4.90 Å². The Hall–Kier alpha value is -6.94. The first-order valence-corrected chi connectivity index (χ1v) is 19.5. The molecule has 1 aromatic heterocycles. The van der Waals surface area contributed by atoms with Gasteiger partial charge in [-0.05, 0) is 127 Å². The summed E-state index contributed by atoms with van der Waals surface area (Å²) in [6.45, 7) is 8.65. The second-order valence-corrected chi connectivity index (χ2v) is 16.0. The third-order valence-electron chi connectivity index (χ3n) is 11.2. The number of aromatic nitrogens is 1. The molecule has 8 rings (SSSR count). The lowest BCUT2D eigenvalue weighted by Crippen LogP contribution is -2.29. The van der Waals surface area contributed by atoms with Crippen molar-refractivity contribution in [2.75, 3.05) is 31.5 Å². The van der Waals surface area contributed by atoms with Crippen molar-refractivity contribution in [1.29, 1.82) is 0 Å². The summed E-state index contributed by atoms with van der Waals surface area (Å²) in [7, 11) is 4.78. The molecule has 0 bridgehead atoms. The molecule has 10 nitrogen and oxygen atoms in total. The molecule has 0 saturated heterocycles. The summed E-state index contributed by atoms with van der Waals surface area (Å²) in [6, 6.07) is 30.8. The number of rotatable bonds is 9. The number of fused-ring (bicyclic) bond motifs is 3. The van der Waals surface area contributed by atoms with E-state index in [1.54, 1.807) is 75.9 Å². The fourth-order valence-electron chi connectivity index (χ4n) is 7.93. The van der Waals surface area contributed by atoms with Crippen molar-refractivity contribution < 1.29 is 33.3 Å². The molecule has 298 valence electrons. The van der Waals surface area contributed by atoms with E-state index in [0.717, 1.165) is 45.3 Å². The SMILES string of the molecule is COc1cc(/C=C2/CC(C(C)(C)C)Cc3c2nc2ccccc2c3C(=O)Nc2ccc(Oc3ccc4c(c3)C(=O)N(c3ccc(C)cc3)C4=O)cc2)cc(OC)c1OC. The van der Waals surface area contributed by atoms with Crippen molar-refractivity contribution in [3.63, 3.8) is 0 Å². The number of nitrogens with one attached hydrogen (secondary N) is 1. The van der Waals surface area contributed by atoms with Crippen LogP contribution in [0.2, 0.25) is 0 Å². The van der Waals surface area contributed by atoms with Crippen molar-refractivity contribution in [2.45, 2.75) is 40.5 Å². The van der Waals surface area contributed by atoms with Gasteiger partial charge >= 0.3 is 0 Å². The second-order valence-electron chi connectivity index (χ2n) is 16.0. The van der Waals surface area contributed by atoms with Gasteiger partial charge in [-0.25, -0.2) is 9.88 Å². The van der Waals surface area contributed by atoms with Crippen LogP contribution in [0, 0.1) is 18.3 Å². The largest absolute Gasteiger partial charge is 0.493 e. The highest BCUT2D eigenvalue weighted by atomic mass is 16.5. The van der Waals surface area contributed by atoms with Gasteiger partial charge in [-0.3, -0.25) is 14.4 Å². The molecule has 0 fully saturated rings. The van der Waals surface area contributed by atoms with Crippen LogP contribution in [-0.2, 0) is 6.42 Å². The van der Waals surface area contributed by atoms with Gasteiger partial charge in [0.2, 0.25) is 5.75 Å². The Morgan fingerprint density at radius 3 is 2.10 bits per heavy atom. The summed E-state index contributed by atoms with van der Waals surface area (Å²) < 4.78 is 23.0. The number of aryl methyl sites for hydroxylation is 1. The molecule has 10 heteroatoms. The van der Waals surface area contributed by atoms with Gasteiger partial charge in [0.05, 0.1) is 54.9 Å². The number of allylic oxidation sites excluding steroid dienone is 1. The number of ether oxygens (including phenoxy) is 4. The molecule has 1 aliphatic carbocycles. The maximum absolute atomic E-state index is 14.5. The van der Waals surface area contributed by atoms with Crippen LogP contribution < -0.4 is 29.2 Å². The van der Waals surface area contributed by atoms with Crippen LogP contribution in [0.25, 0.3) is 22.6 Å². The minimum Gasteiger partial charge on any atom is -0.493 e. The quantitative estimate of drug-likeness (QED) is 0.144. The number of hydrogen-bond donors (Lipinski definition) is 1. The maximum Gasteiger partial charge on any atom is 0.266 e. The summed E-state index contributed by atoms with van der Waals surface area (Å²) in [4.78, 5) is 47.4. The lowest BCUT2D eigenvalue weighted by molar-refractivity contribution is 0.0924. The van der Waals surface area contributed by atoms with E-state index in [2.05, 4.69) is 32.2 Å². The summed E-state index contributed by atoms with van der Waals surface area (Å²) in [5.41, 5.74) is 7.55. The molecule has 1 unspecified atom stereocenters. The van der Waals surface area contributed by atoms with Crippen LogP contribution in [0.5, 0.6) is 28.7 Å². The Morgan fingerprint density at radius 1 is 0.780 bits per heavy atom. The standard InChI is InChI=1S/C49H45N3O7/c1-28-12-16-33(17-13-28)52-47(54)36-21-20-35(27-38(36)48(52)55)59-34-18-14-32(15-19-34)50-46(53)43-37-10-8-9-11-40(37)51-44-30(25-31(26-39(43)44)49(2,3)4)22-29-23-41(56-5)45(58-7)42(24-29)57-6/h8-24,27,31H,25-26H2,1-7H3,(H,50,53)/b30-22-. The molecule has 59 heavy (non-hydrogen) atoms. The Balaban J connectivity index is 1.09. The number of methoxy groups -OCH3 is 3. The molecule has 2 heterocycles. The lowest BCUT2D eigenvalue weighted by atomic mass is 9.69. The molecule has 0 saturated carbocycles. The third kappa shape index (κ3) is 7.38. The fourth-order valence-corrected chi connectivity index (χ4v) is 7.93. The summed E-state index contributed by atoms with van der Waals surface area (Å²) in [5.74, 6) is 1.72. The molecule has 1 atom stereocenters. The van der Waals surface area contributed by atoms with Crippen molar-refractivity contribution in [3.8, 4) is 28.7 Å². The van der Waals surface area contributed by atoms with Gasteiger partial charge in [0.1, 0.15) is 11.5 Å². The van der Waals surface area contributed by atoms with E-state index in [4.69, 9.17) is 23.9 Å². The molecule has 3 amide bonds. The zero-order valence-electron chi connectivity index (χ0n) is 34.1. The predicted octanol–water partition coefficient (Wildman–Crippen LogP) is 10.6. The number of carbonyl (C=O) groups is 3. The molecule has 6 aromatic rings. The zero-order valence-corrected chi connectivity index (χ0v) is 34.1. The number of hydrogen-bond acceptors (Lipinski definition) is 8. The highest BCUT2D eigenvalue weighted by Gasteiger charge is 2.38. The maximum atomic E-state index is 14.5. The molecule has 5 aromatic carbocycles. The van der Waals surface area contributed by atoms with Gasteiger partial charge in [-0.2, -0.15) is 0 Å². The molecule has 1 aliphatic heterocycles. The molecular formula is C49H45N3O7. The Bertz CT molecular complexity index is 2650. The fraction of sp³-hybridized carbons (Fsp3) is 0.224. The number of carbonyl (C=O) groups excluding carboxylic acids is 3. The number of amides is 3. The average Bonchev–Trinajstić information content (AvgIpc) is 3.47. The first-order chi connectivity index (χ1) is 28.4. The van der Waals surface area contributed by atoms with Crippen molar-refractivity contribution in [3.05, 3.63) is 142 Å². The van der Waals surface area contributed by atoms with E-state index in [9.17, 15) is 14.4 Å². The minimum absolute atomic E-state index is 0.0661. The van der Waals surface area contributed by atoms with Crippen LogP contribution in [0.4, 0.5) is 11.4 Å². The van der Waals surface area contributed by atoms with E-state index in [1.807, 2.05) is 55.5 Å². The van der Waals surface area contributed by atoms with E-state index in [0.29, 0.717) is 57.7 Å². The van der Waals surface area contributed by atoms with Gasteiger partial charge in [0.15, 0.2) is 11.5 Å². The highest BCUT2D eigenvalue weighted by Crippen LogP contribution is 2.46. The number of benzene rings is 5. The highest BCUT2D eigenvalue weighted by molar-refractivity contribution is 6.34. The average molecular weight is 788 g/mol. The number of anilines is 2. The number of imide groups is 1. The van der Waals surface area contributed by atoms with E-state index >= 15 is 0 Å². The third-order valence-corrected chi connectivity index (χ3v) is 11.2. The van der Waals surface area contributed by atoms with Crippen LogP contribution in [0.1, 0.15) is 80.7 Å². The molecule has 0 spiro atoms. The first kappa shape index (κ1) is 38.9. The number of pyridine rings is 1. The Morgan fingerprint density at radius 2 is 1.44 bits per heavy atom. The van der Waals surface area contributed by atoms with Crippen LogP contribution in [0.15, 0.2) is 103 Å². The number of para-hydroxylation sites is 1. The summed E-state index contributed by atoms with van der Waals surface area (Å²) in [5, 5.41) is 3.92. The van der Waals surface area contributed by atoms with Gasteiger partial charge in [0.25, 0.3) is 17.7 Å².